The number of thioether (sulfide) groups is 1. The molecule has 4 rings (SSSR count). The molecule has 4 nitrogen and oxygen atoms in total. The summed E-state index contributed by atoms with van der Waals surface area (Å²) in [6.45, 7) is 12.0. The Kier molecular flexibility index (Phi) is 8.24. The van der Waals surface area contributed by atoms with E-state index in [-0.39, 0.29) is 27.9 Å². The van der Waals surface area contributed by atoms with Crippen molar-refractivity contribution < 1.29 is 19.8 Å². The third-order valence-corrected chi connectivity index (χ3v) is 9.63. The van der Waals surface area contributed by atoms with Crippen molar-refractivity contribution in [3.8, 4) is 11.5 Å². The first-order valence-electron chi connectivity index (χ1n) is 12.5. The Balaban J connectivity index is 1.78. The van der Waals surface area contributed by atoms with Crippen LogP contribution in [-0.2, 0) is 0 Å². The summed E-state index contributed by atoms with van der Waals surface area (Å²) in [5, 5.41) is 21.8. The van der Waals surface area contributed by atoms with E-state index in [4.69, 9.17) is 0 Å². The molecule has 1 aliphatic carbocycles. The normalized spacial score (nSPS) is 13.7. The van der Waals surface area contributed by atoms with Crippen LogP contribution in [0.3, 0.4) is 0 Å². The van der Waals surface area contributed by atoms with Gasteiger partial charge in [0, 0.05) is 20.6 Å². The molecular formula is C32H32O4S2. The lowest BCUT2D eigenvalue weighted by molar-refractivity contribution is 0.0977. The number of Topliss-reactive ketones (excluding diaryl/α,β-unsaturated/α-hetero) is 1. The van der Waals surface area contributed by atoms with Gasteiger partial charge in [-0.25, -0.2) is 0 Å². The number of hydrogen-bond acceptors (Lipinski definition) is 6. The summed E-state index contributed by atoms with van der Waals surface area (Å²) in [6, 6.07) is 13.3. The minimum absolute atomic E-state index is 0.125. The molecule has 6 heteroatoms. The second-order valence-corrected chi connectivity index (χ2v) is 12.2. The van der Waals surface area contributed by atoms with E-state index in [2.05, 4.69) is 6.08 Å². The van der Waals surface area contributed by atoms with Crippen LogP contribution in [0.15, 0.2) is 80.4 Å². The number of ketones is 2. The Morgan fingerprint density at radius 1 is 0.868 bits per heavy atom. The molecule has 0 fully saturated rings. The molecule has 0 spiro atoms. The third-order valence-electron chi connectivity index (χ3n) is 6.64. The fourth-order valence-corrected chi connectivity index (χ4v) is 6.96. The lowest BCUT2D eigenvalue weighted by atomic mass is 9.86. The van der Waals surface area contributed by atoms with Crippen molar-refractivity contribution in [2.45, 2.75) is 67.9 Å². The maximum atomic E-state index is 13.8. The van der Waals surface area contributed by atoms with E-state index in [0.29, 0.717) is 16.9 Å². The molecule has 3 aromatic rings. The molecule has 2 N–H and O–H groups in total. The van der Waals surface area contributed by atoms with Gasteiger partial charge in [-0.1, -0.05) is 59.8 Å². The van der Waals surface area contributed by atoms with Crippen LogP contribution in [0.5, 0.6) is 11.5 Å². The second-order valence-electron chi connectivity index (χ2n) is 9.95. The van der Waals surface area contributed by atoms with Crippen LogP contribution in [0.2, 0.25) is 0 Å². The van der Waals surface area contributed by atoms with Crippen LogP contribution in [0.4, 0.5) is 0 Å². The van der Waals surface area contributed by atoms with Gasteiger partial charge in [0.25, 0.3) is 0 Å². The molecular weight excluding hydrogens is 512 g/mol. The number of hydrogen-bond donors (Lipinski definition) is 2. The number of aryl methyl sites for hydroxylation is 4. The van der Waals surface area contributed by atoms with Crippen molar-refractivity contribution in [1.82, 2.24) is 0 Å². The van der Waals surface area contributed by atoms with E-state index < -0.39 is 11.6 Å². The van der Waals surface area contributed by atoms with Gasteiger partial charge in [0.1, 0.15) is 11.5 Å². The number of phenols is 2. The van der Waals surface area contributed by atoms with Crippen LogP contribution in [0, 0.1) is 27.7 Å². The number of fused-ring (bicyclic) bond motifs is 1. The average molecular weight is 545 g/mol. The Morgan fingerprint density at radius 2 is 1.42 bits per heavy atom. The summed E-state index contributed by atoms with van der Waals surface area (Å²) < 4.78 is 0. The third kappa shape index (κ3) is 5.47. The Morgan fingerprint density at radius 3 is 1.97 bits per heavy atom. The fraction of sp³-hybridized carbons (Fsp3) is 0.250. The van der Waals surface area contributed by atoms with Crippen LogP contribution in [0.1, 0.15) is 63.2 Å². The standard InChI is InChI=1S/C32H32O4S2/c1-17(2)13-14-25(37-31-18(3)9-7-10-19(31)4)22-15-23(33)28-27(29(22)35)24(34)16-26(30(28)36)38-32-20(5)11-8-12-21(32)6/h7-13,15-16,25,34,36H,14H2,1-6H3. The van der Waals surface area contributed by atoms with Gasteiger partial charge in [-0.15, -0.1) is 11.8 Å². The highest BCUT2D eigenvalue weighted by Crippen LogP contribution is 2.47. The zero-order chi connectivity index (χ0) is 27.7. The molecule has 196 valence electrons. The summed E-state index contributed by atoms with van der Waals surface area (Å²) in [5.74, 6) is -1.48. The highest BCUT2D eigenvalue weighted by Gasteiger charge is 2.36. The number of carbonyl (C=O) groups excluding carboxylic acids is 2. The molecule has 0 amide bonds. The average Bonchev–Trinajstić information content (AvgIpc) is 2.85. The van der Waals surface area contributed by atoms with E-state index >= 15 is 0 Å². The monoisotopic (exact) mass is 544 g/mol. The molecule has 1 unspecified atom stereocenters. The molecule has 0 bridgehead atoms. The van der Waals surface area contributed by atoms with E-state index in [1.807, 2.05) is 77.9 Å². The minimum atomic E-state index is -0.476. The quantitative estimate of drug-likeness (QED) is 0.177. The van der Waals surface area contributed by atoms with Crippen LogP contribution >= 0.6 is 23.5 Å². The largest absolute Gasteiger partial charge is 0.507 e. The van der Waals surface area contributed by atoms with Gasteiger partial charge < -0.3 is 10.2 Å². The number of aromatic hydroxyl groups is 2. The summed E-state index contributed by atoms with van der Waals surface area (Å²) >= 11 is 2.83. The van der Waals surface area contributed by atoms with Crippen molar-refractivity contribution >= 4 is 35.1 Å². The Hall–Kier alpha value is -3.22. The number of phenolic OH excluding ortho intramolecular Hbond substituents is 2. The summed E-state index contributed by atoms with van der Waals surface area (Å²) in [5.41, 5.74) is 5.41. The number of benzene rings is 3. The Labute approximate surface area is 232 Å². The zero-order valence-corrected chi connectivity index (χ0v) is 24.1. The maximum Gasteiger partial charge on any atom is 0.194 e. The van der Waals surface area contributed by atoms with Gasteiger partial charge in [0.05, 0.1) is 16.0 Å². The zero-order valence-electron chi connectivity index (χ0n) is 22.5. The van der Waals surface area contributed by atoms with Crippen LogP contribution in [-0.4, -0.2) is 27.0 Å². The molecule has 0 saturated heterocycles. The highest BCUT2D eigenvalue weighted by atomic mass is 32.2. The van der Waals surface area contributed by atoms with E-state index in [9.17, 15) is 19.8 Å². The first-order valence-corrected chi connectivity index (χ1v) is 14.2. The minimum Gasteiger partial charge on any atom is -0.507 e. The van der Waals surface area contributed by atoms with Gasteiger partial charge in [-0.2, -0.15) is 0 Å². The summed E-state index contributed by atoms with van der Waals surface area (Å²) in [4.78, 5) is 29.6. The van der Waals surface area contributed by atoms with Gasteiger partial charge in [0.2, 0.25) is 0 Å². The topological polar surface area (TPSA) is 74.6 Å². The highest BCUT2D eigenvalue weighted by molar-refractivity contribution is 8.00. The molecule has 0 heterocycles. The summed E-state index contributed by atoms with van der Waals surface area (Å²) in [6.07, 6.45) is 3.95. The van der Waals surface area contributed by atoms with Crippen molar-refractivity contribution in [2.24, 2.45) is 0 Å². The van der Waals surface area contributed by atoms with Crippen molar-refractivity contribution in [3.63, 3.8) is 0 Å². The van der Waals surface area contributed by atoms with E-state index in [1.165, 1.54) is 23.9 Å². The maximum absolute atomic E-state index is 13.8. The first-order chi connectivity index (χ1) is 18.0. The van der Waals surface area contributed by atoms with Crippen molar-refractivity contribution in [3.05, 3.63) is 99.1 Å². The number of rotatable bonds is 7. The van der Waals surface area contributed by atoms with Crippen LogP contribution < -0.4 is 0 Å². The molecule has 0 saturated carbocycles. The van der Waals surface area contributed by atoms with Crippen molar-refractivity contribution in [1.29, 1.82) is 0 Å². The molecule has 0 radical (unpaired) electrons. The van der Waals surface area contributed by atoms with Gasteiger partial charge in [-0.3, -0.25) is 9.59 Å². The van der Waals surface area contributed by atoms with Crippen molar-refractivity contribution in [2.75, 3.05) is 0 Å². The van der Waals surface area contributed by atoms with E-state index in [1.54, 1.807) is 11.8 Å². The van der Waals surface area contributed by atoms with E-state index in [0.717, 1.165) is 37.6 Å². The molecule has 1 atom stereocenters. The smallest absolute Gasteiger partial charge is 0.194 e. The molecule has 38 heavy (non-hydrogen) atoms. The van der Waals surface area contributed by atoms with Crippen LogP contribution in [0.25, 0.3) is 0 Å². The molecule has 3 aromatic carbocycles. The summed E-state index contributed by atoms with van der Waals surface area (Å²) in [7, 11) is 0. The second kappa shape index (κ2) is 11.3. The van der Waals surface area contributed by atoms with Gasteiger partial charge >= 0.3 is 0 Å². The Bertz CT molecular complexity index is 1470. The molecule has 0 aromatic heterocycles. The van der Waals surface area contributed by atoms with Gasteiger partial charge in [-0.05, 0) is 82.4 Å². The SMILES string of the molecule is CC(C)=CCC(Sc1c(C)cccc1C)C1=CC(=O)c2c(O)c(Sc3c(C)cccc3C)cc(O)c2C1=O. The molecule has 1 aliphatic rings. The molecule has 0 aliphatic heterocycles. The van der Waals surface area contributed by atoms with Gasteiger partial charge in [0.15, 0.2) is 11.6 Å². The predicted octanol–water partition coefficient (Wildman–Crippen LogP) is 8.31. The number of carbonyl (C=O) groups is 2. The lowest BCUT2D eigenvalue weighted by Crippen LogP contribution is -2.24. The fourth-order valence-electron chi connectivity index (χ4n) is 4.62. The predicted molar refractivity (Wildman–Crippen MR) is 156 cm³/mol. The number of allylic oxidation sites excluding steroid dienone is 3. The first kappa shape index (κ1) is 27.8. The lowest BCUT2D eigenvalue weighted by Gasteiger charge is -2.25.